The topological polar surface area (TPSA) is 238 Å². The zero-order chi connectivity index (χ0) is 23.9. The maximum atomic E-state index is 13.4. The number of pyridine rings is 1. The number of hydrogen-bond donors (Lipinski definition) is 6. The zero-order valence-corrected chi connectivity index (χ0v) is 18.8. The number of anilines is 1. The first-order chi connectivity index (χ1) is 15.6. The Hall–Kier alpha value is -3.02. The van der Waals surface area contributed by atoms with E-state index in [0.29, 0.717) is 25.1 Å². The first-order valence-corrected chi connectivity index (χ1v) is 12.7. The van der Waals surface area contributed by atoms with Crippen molar-refractivity contribution in [3.05, 3.63) is 30.5 Å². The van der Waals surface area contributed by atoms with Gasteiger partial charge in [-0.3, -0.25) is 0 Å². The maximum Gasteiger partial charge on any atom is 0.242 e. The molecule has 0 amide bonds. The van der Waals surface area contributed by atoms with Crippen LogP contribution in [0.25, 0.3) is 22.5 Å². The number of nitrogens with one attached hydrogen (secondary N) is 3. The lowest BCUT2D eigenvalue weighted by Gasteiger charge is -2.28. The fourth-order valence-corrected chi connectivity index (χ4v) is 6.78. The van der Waals surface area contributed by atoms with Crippen LogP contribution in [0.3, 0.4) is 0 Å². The number of tetrazole rings is 1. The minimum Gasteiger partial charge on any atom is -0.384 e. The molecule has 2 aromatic heterocycles. The number of aromatic amines is 1. The normalized spacial score (nSPS) is 19.1. The SMILES string of the molecule is NC[C@]1(NS(=O)(=O)c2ccc(-c3ccc(N)nc3)c(-c3nn[nH]n3)c2S(N)(=O)=O)CCNC1. The van der Waals surface area contributed by atoms with Crippen LogP contribution in [0, 0.1) is 0 Å². The lowest BCUT2D eigenvalue weighted by molar-refractivity contribution is 0.422. The minimum atomic E-state index is -4.60. The Morgan fingerprint density at radius 1 is 1.15 bits per heavy atom. The smallest absolute Gasteiger partial charge is 0.242 e. The van der Waals surface area contributed by atoms with Gasteiger partial charge in [0, 0.05) is 24.8 Å². The second kappa shape index (κ2) is 8.40. The monoisotopic (exact) mass is 494 g/mol. The molecule has 0 unspecified atom stereocenters. The van der Waals surface area contributed by atoms with E-state index in [1.807, 2.05) is 0 Å². The van der Waals surface area contributed by atoms with E-state index in [1.165, 1.54) is 18.3 Å². The van der Waals surface area contributed by atoms with Crippen LogP contribution in [0.15, 0.2) is 40.3 Å². The van der Waals surface area contributed by atoms with Gasteiger partial charge in [-0.1, -0.05) is 6.07 Å². The summed E-state index contributed by atoms with van der Waals surface area (Å²) in [7, 11) is -9.00. The fraction of sp³-hybridized carbons (Fsp3) is 0.294. The molecule has 3 heterocycles. The Morgan fingerprint density at radius 3 is 2.48 bits per heavy atom. The number of aromatic nitrogens is 5. The van der Waals surface area contributed by atoms with Crippen LogP contribution in [0.4, 0.5) is 5.82 Å². The Bertz CT molecular complexity index is 1370. The number of hydrogen-bond acceptors (Lipinski definition) is 11. The van der Waals surface area contributed by atoms with Gasteiger partial charge >= 0.3 is 0 Å². The van der Waals surface area contributed by atoms with Crippen LogP contribution in [0.5, 0.6) is 0 Å². The number of nitrogens with two attached hydrogens (primary N) is 3. The first-order valence-electron chi connectivity index (χ1n) is 9.67. The van der Waals surface area contributed by atoms with E-state index in [0.717, 1.165) is 6.07 Å². The van der Waals surface area contributed by atoms with Gasteiger partial charge in [0.15, 0.2) is 0 Å². The molecule has 0 bridgehead atoms. The molecule has 1 atom stereocenters. The molecule has 1 aliphatic heterocycles. The van der Waals surface area contributed by atoms with Crippen LogP contribution in [-0.4, -0.2) is 67.6 Å². The molecular weight excluding hydrogens is 472 g/mol. The fourth-order valence-electron chi connectivity index (χ4n) is 3.74. The van der Waals surface area contributed by atoms with E-state index in [-0.39, 0.29) is 29.3 Å². The molecule has 9 N–H and O–H groups in total. The summed E-state index contributed by atoms with van der Waals surface area (Å²) in [5.74, 6) is 0.0751. The molecule has 1 aliphatic rings. The summed E-state index contributed by atoms with van der Waals surface area (Å²) in [6, 6.07) is 5.68. The summed E-state index contributed by atoms with van der Waals surface area (Å²) in [5.41, 5.74) is 11.1. The van der Waals surface area contributed by atoms with E-state index >= 15 is 0 Å². The third-order valence-electron chi connectivity index (χ3n) is 5.35. The predicted molar refractivity (Wildman–Crippen MR) is 118 cm³/mol. The molecule has 176 valence electrons. The number of rotatable bonds is 7. The molecule has 16 heteroatoms. The van der Waals surface area contributed by atoms with Gasteiger partial charge in [-0.2, -0.15) is 5.21 Å². The summed E-state index contributed by atoms with van der Waals surface area (Å²) in [6.45, 7) is 0.857. The highest BCUT2D eigenvalue weighted by Crippen LogP contribution is 2.39. The molecule has 0 saturated carbocycles. The quantitative estimate of drug-likeness (QED) is 0.212. The second-order valence-corrected chi connectivity index (χ2v) is 10.7. The molecule has 1 fully saturated rings. The lowest BCUT2D eigenvalue weighted by Crippen LogP contribution is -2.55. The van der Waals surface area contributed by atoms with Gasteiger partial charge in [0.2, 0.25) is 25.9 Å². The molecular formula is C17H22N10O4S2. The summed E-state index contributed by atoms with van der Waals surface area (Å²) < 4.78 is 54.9. The third-order valence-corrected chi connectivity index (χ3v) is 8.09. The van der Waals surface area contributed by atoms with E-state index < -0.39 is 35.4 Å². The Balaban J connectivity index is 2.00. The first kappa shape index (κ1) is 23.1. The van der Waals surface area contributed by atoms with Crippen LogP contribution in [-0.2, 0) is 20.0 Å². The van der Waals surface area contributed by atoms with Crippen molar-refractivity contribution in [1.29, 1.82) is 0 Å². The van der Waals surface area contributed by atoms with Crippen molar-refractivity contribution < 1.29 is 16.8 Å². The van der Waals surface area contributed by atoms with Crippen molar-refractivity contribution in [3.63, 3.8) is 0 Å². The molecule has 0 aliphatic carbocycles. The molecule has 1 saturated heterocycles. The third kappa shape index (κ3) is 4.43. The van der Waals surface area contributed by atoms with Crippen LogP contribution < -0.4 is 26.6 Å². The van der Waals surface area contributed by atoms with Crippen molar-refractivity contribution in [2.45, 2.75) is 21.8 Å². The van der Waals surface area contributed by atoms with Gasteiger partial charge in [0.1, 0.15) is 15.6 Å². The van der Waals surface area contributed by atoms with Gasteiger partial charge in [-0.15, -0.1) is 10.2 Å². The van der Waals surface area contributed by atoms with Crippen molar-refractivity contribution in [2.75, 3.05) is 25.4 Å². The van der Waals surface area contributed by atoms with Gasteiger partial charge in [-0.05, 0) is 41.9 Å². The number of sulfonamides is 2. The summed E-state index contributed by atoms with van der Waals surface area (Å²) in [6.07, 6.45) is 1.83. The Morgan fingerprint density at radius 2 is 1.94 bits per heavy atom. The van der Waals surface area contributed by atoms with Crippen LogP contribution >= 0.6 is 0 Å². The van der Waals surface area contributed by atoms with Gasteiger partial charge in [0.25, 0.3) is 0 Å². The summed E-state index contributed by atoms with van der Waals surface area (Å²) in [5, 5.41) is 22.0. The van der Waals surface area contributed by atoms with Crippen LogP contribution in [0.2, 0.25) is 0 Å². The van der Waals surface area contributed by atoms with Gasteiger partial charge < -0.3 is 16.8 Å². The highest BCUT2D eigenvalue weighted by Gasteiger charge is 2.40. The highest BCUT2D eigenvalue weighted by atomic mass is 32.2. The average Bonchev–Trinajstić information content (AvgIpc) is 3.45. The largest absolute Gasteiger partial charge is 0.384 e. The Kier molecular flexibility index (Phi) is 5.89. The Labute approximate surface area is 189 Å². The van der Waals surface area contributed by atoms with Gasteiger partial charge in [-0.25, -0.2) is 31.7 Å². The standard InChI is InChI=1S/C17H22N10O4S2/c18-8-17(5-6-21-9-17)25-33(30,31)12-3-2-11(10-1-4-13(19)22-7-10)14(15(12)32(20,28)29)16-23-26-27-24-16/h1-4,7,21,25H,5-6,8-9,18H2,(H2,19,22)(H2,20,28,29)(H,23,24,26,27)/t17-/m1/s1. The number of benzene rings is 1. The summed E-state index contributed by atoms with van der Waals surface area (Å²) in [4.78, 5) is 2.78. The molecule has 4 rings (SSSR count). The highest BCUT2D eigenvalue weighted by molar-refractivity contribution is 7.92. The zero-order valence-electron chi connectivity index (χ0n) is 17.2. The van der Waals surface area contributed by atoms with E-state index in [1.54, 1.807) is 6.07 Å². The number of nitrogen functional groups attached to an aromatic ring is 1. The van der Waals surface area contributed by atoms with Crippen molar-refractivity contribution in [3.8, 4) is 22.5 Å². The molecule has 0 radical (unpaired) electrons. The summed E-state index contributed by atoms with van der Waals surface area (Å²) >= 11 is 0. The lowest BCUT2D eigenvalue weighted by atomic mass is 10.0. The number of nitrogens with zero attached hydrogens (tertiary/aromatic N) is 4. The average molecular weight is 495 g/mol. The predicted octanol–water partition coefficient (Wildman–Crippen LogP) is -1.87. The van der Waals surface area contributed by atoms with E-state index in [9.17, 15) is 16.8 Å². The molecule has 3 aromatic rings. The van der Waals surface area contributed by atoms with E-state index in [2.05, 4.69) is 35.6 Å². The van der Waals surface area contributed by atoms with Crippen molar-refractivity contribution >= 4 is 25.9 Å². The molecule has 14 nitrogen and oxygen atoms in total. The molecule has 33 heavy (non-hydrogen) atoms. The number of H-pyrrole nitrogens is 1. The second-order valence-electron chi connectivity index (χ2n) is 7.58. The molecule has 1 aromatic carbocycles. The maximum absolute atomic E-state index is 13.4. The van der Waals surface area contributed by atoms with E-state index in [4.69, 9.17) is 16.6 Å². The van der Waals surface area contributed by atoms with Crippen molar-refractivity contribution in [2.24, 2.45) is 10.9 Å². The van der Waals surface area contributed by atoms with Crippen molar-refractivity contribution in [1.82, 2.24) is 35.6 Å². The number of primary sulfonamides is 1. The van der Waals surface area contributed by atoms with Gasteiger partial charge in [0.05, 0.1) is 11.1 Å². The molecule has 0 spiro atoms. The minimum absolute atomic E-state index is 0.0107. The van der Waals surface area contributed by atoms with Crippen LogP contribution in [0.1, 0.15) is 6.42 Å².